The zero-order valence-corrected chi connectivity index (χ0v) is 18.4. The molecule has 4 heterocycles. The average molecular weight is 445 g/mol. The number of aromatic nitrogens is 2. The van der Waals surface area contributed by atoms with Crippen LogP contribution >= 0.6 is 0 Å². The SMILES string of the molecule is CCOC(=O)C1=C(N2CCc3ccc(OC)cc3C2)O/C(=C\c2c[nH]c3ncccc23)C1=O. The molecule has 0 aliphatic carbocycles. The molecule has 8 heteroatoms. The molecule has 0 fully saturated rings. The maximum atomic E-state index is 13.3. The van der Waals surface area contributed by atoms with Gasteiger partial charge in [-0.25, -0.2) is 9.78 Å². The molecular weight excluding hydrogens is 422 g/mol. The number of benzene rings is 1. The van der Waals surface area contributed by atoms with E-state index in [2.05, 4.69) is 9.97 Å². The molecule has 168 valence electrons. The van der Waals surface area contributed by atoms with Crippen LogP contribution in [0.1, 0.15) is 23.6 Å². The van der Waals surface area contributed by atoms with Gasteiger partial charge in [0.1, 0.15) is 11.4 Å². The number of ether oxygens (including phenoxy) is 3. The van der Waals surface area contributed by atoms with Gasteiger partial charge in [0, 0.05) is 36.4 Å². The molecule has 2 aliphatic rings. The second kappa shape index (κ2) is 8.46. The summed E-state index contributed by atoms with van der Waals surface area (Å²) in [6, 6.07) is 9.68. The van der Waals surface area contributed by atoms with E-state index in [0.717, 1.165) is 28.7 Å². The van der Waals surface area contributed by atoms with Crippen LogP contribution in [0.4, 0.5) is 0 Å². The minimum Gasteiger partial charge on any atom is -0.497 e. The van der Waals surface area contributed by atoms with Crippen molar-refractivity contribution in [2.75, 3.05) is 20.3 Å². The molecule has 3 aromatic rings. The van der Waals surface area contributed by atoms with Crippen LogP contribution < -0.4 is 4.74 Å². The Morgan fingerprint density at radius 1 is 1.30 bits per heavy atom. The molecular formula is C25H23N3O5. The Morgan fingerprint density at radius 2 is 2.18 bits per heavy atom. The maximum Gasteiger partial charge on any atom is 0.347 e. The van der Waals surface area contributed by atoms with Crippen molar-refractivity contribution in [1.82, 2.24) is 14.9 Å². The number of allylic oxidation sites excluding steroid dienone is 1. The van der Waals surface area contributed by atoms with Crippen LogP contribution in [0.25, 0.3) is 17.1 Å². The van der Waals surface area contributed by atoms with E-state index in [4.69, 9.17) is 14.2 Å². The Hall–Kier alpha value is -4.07. The monoisotopic (exact) mass is 445 g/mol. The first-order chi connectivity index (χ1) is 16.1. The number of aromatic amines is 1. The van der Waals surface area contributed by atoms with Crippen molar-refractivity contribution in [1.29, 1.82) is 0 Å². The van der Waals surface area contributed by atoms with Gasteiger partial charge in [-0.1, -0.05) is 6.07 Å². The summed E-state index contributed by atoms with van der Waals surface area (Å²) in [6.45, 7) is 2.96. The number of ketones is 1. The van der Waals surface area contributed by atoms with Gasteiger partial charge in [0.15, 0.2) is 11.3 Å². The molecule has 0 spiro atoms. The Morgan fingerprint density at radius 3 is 3.00 bits per heavy atom. The molecule has 0 atom stereocenters. The van der Waals surface area contributed by atoms with Gasteiger partial charge >= 0.3 is 5.97 Å². The number of H-pyrrole nitrogens is 1. The number of Topliss-reactive ketones (excluding diaryl/α,β-unsaturated/α-hetero) is 1. The number of hydrogen-bond acceptors (Lipinski definition) is 7. The summed E-state index contributed by atoms with van der Waals surface area (Å²) in [5.41, 5.74) is 3.64. The van der Waals surface area contributed by atoms with Crippen LogP contribution in [-0.2, 0) is 32.0 Å². The van der Waals surface area contributed by atoms with Crippen LogP contribution in [0, 0.1) is 0 Å². The van der Waals surface area contributed by atoms with Crippen molar-refractivity contribution in [3.63, 3.8) is 0 Å². The van der Waals surface area contributed by atoms with Crippen LogP contribution in [-0.4, -0.2) is 46.9 Å². The lowest BCUT2D eigenvalue weighted by atomic mass is 9.99. The number of nitrogens with zero attached hydrogens (tertiary/aromatic N) is 2. The highest BCUT2D eigenvalue weighted by Gasteiger charge is 2.40. The summed E-state index contributed by atoms with van der Waals surface area (Å²) in [7, 11) is 1.62. The molecule has 0 unspecified atom stereocenters. The lowest BCUT2D eigenvalue weighted by molar-refractivity contribution is -0.139. The zero-order valence-electron chi connectivity index (χ0n) is 18.4. The highest BCUT2D eigenvalue weighted by atomic mass is 16.5. The normalized spacial score (nSPS) is 16.8. The Bertz CT molecular complexity index is 1320. The highest BCUT2D eigenvalue weighted by molar-refractivity contribution is 6.26. The number of nitrogens with one attached hydrogen (secondary N) is 1. The fourth-order valence-corrected chi connectivity index (χ4v) is 4.19. The first-order valence-corrected chi connectivity index (χ1v) is 10.8. The van der Waals surface area contributed by atoms with E-state index in [9.17, 15) is 9.59 Å². The molecule has 33 heavy (non-hydrogen) atoms. The Labute approximate surface area is 190 Å². The van der Waals surface area contributed by atoms with Gasteiger partial charge in [-0.05, 0) is 54.8 Å². The van der Waals surface area contributed by atoms with E-state index in [0.29, 0.717) is 18.7 Å². The van der Waals surface area contributed by atoms with E-state index in [1.54, 1.807) is 32.5 Å². The fraction of sp³-hybridized carbons (Fsp3) is 0.240. The van der Waals surface area contributed by atoms with Crippen molar-refractivity contribution in [2.45, 2.75) is 19.9 Å². The molecule has 1 N–H and O–H groups in total. The number of esters is 1. The molecule has 0 saturated heterocycles. The van der Waals surface area contributed by atoms with Gasteiger partial charge < -0.3 is 24.1 Å². The van der Waals surface area contributed by atoms with E-state index < -0.39 is 11.8 Å². The van der Waals surface area contributed by atoms with Crippen LogP contribution in [0.15, 0.2) is 59.9 Å². The standard InChI is InChI=1S/C25H23N3O5/c1-3-32-25(30)21-22(29)20(12-16-13-27-23-19(16)5-4-9-26-23)33-24(21)28-10-8-15-6-7-18(31-2)11-17(15)14-28/h4-7,9,11-13H,3,8,10,14H2,1-2H3,(H,26,27)/b20-12-. The predicted octanol–water partition coefficient (Wildman–Crippen LogP) is 3.34. The quantitative estimate of drug-likeness (QED) is 0.366. The zero-order chi connectivity index (χ0) is 22.9. The van der Waals surface area contributed by atoms with Gasteiger partial charge in [0.05, 0.1) is 13.7 Å². The molecule has 2 aliphatic heterocycles. The highest BCUT2D eigenvalue weighted by Crippen LogP contribution is 2.34. The van der Waals surface area contributed by atoms with E-state index >= 15 is 0 Å². The third-order valence-corrected chi connectivity index (χ3v) is 5.83. The first-order valence-electron chi connectivity index (χ1n) is 10.8. The van der Waals surface area contributed by atoms with Gasteiger partial charge in [0.2, 0.25) is 11.7 Å². The number of carbonyl (C=O) groups excluding carboxylic acids is 2. The lowest BCUT2D eigenvalue weighted by Crippen LogP contribution is -2.31. The largest absolute Gasteiger partial charge is 0.497 e. The second-order valence-electron chi connectivity index (χ2n) is 7.79. The predicted molar refractivity (Wildman–Crippen MR) is 121 cm³/mol. The van der Waals surface area contributed by atoms with Crippen molar-refractivity contribution in [3.05, 3.63) is 76.6 Å². The molecule has 0 amide bonds. The molecule has 2 aromatic heterocycles. The van der Waals surface area contributed by atoms with Gasteiger partial charge in [0.25, 0.3) is 0 Å². The summed E-state index contributed by atoms with van der Waals surface area (Å²) in [5.74, 6) is -0.103. The third kappa shape index (κ3) is 3.73. The topological polar surface area (TPSA) is 93.8 Å². The molecule has 0 bridgehead atoms. The van der Waals surface area contributed by atoms with Crippen LogP contribution in [0.3, 0.4) is 0 Å². The first kappa shape index (κ1) is 20.8. The van der Waals surface area contributed by atoms with E-state index in [1.807, 2.05) is 35.2 Å². The molecule has 5 rings (SSSR count). The van der Waals surface area contributed by atoms with Gasteiger partial charge in [-0.2, -0.15) is 0 Å². The number of carbonyl (C=O) groups is 2. The third-order valence-electron chi connectivity index (χ3n) is 5.83. The van der Waals surface area contributed by atoms with Crippen LogP contribution in [0.2, 0.25) is 0 Å². The minimum atomic E-state index is -0.682. The lowest BCUT2D eigenvalue weighted by Gasteiger charge is -2.31. The molecule has 0 radical (unpaired) electrons. The van der Waals surface area contributed by atoms with Crippen molar-refractivity contribution in [3.8, 4) is 5.75 Å². The van der Waals surface area contributed by atoms with Crippen molar-refractivity contribution in [2.24, 2.45) is 0 Å². The average Bonchev–Trinajstić information content (AvgIpc) is 3.39. The molecule has 0 saturated carbocycles. The summed E-state index contributed by atoms with van der Waals surface area (Å²) < 4.78 is 16.6. The molecule has 8 nitrogen and oxygen atoms in total. The number of methoxy groups -OCH3 is 1. The maximum absolute atomic E-state index is 13.3. The van der Waals surface area contributed by atoms with Crippen molar-refractivity contribution >= 4 is 28.9 Å². The van der Waals surface area contributed by atoms with E-state index in [-0.39, 0.29) is 23.8 Å². The minimum absolute atomic E-state index is 0.0765. The smallest absolute Gasteiger partial charge is 0.347 e. The molecule has 1 aromatic carbocycles. The summed E-state index contributed by atoms with van der Waals surface area (Å²) in [6.07, 6.45) is 5.83. The van der Waals surface area contributed by atoms with E-state index in [1.165, 1.54) is 5.56 Å². The Kier molecular flexibility index (Phi) is 5.34. The fourth-order valence-electron chi connectivity index (χ4n) is 4.19. The number of rotatable bonds is 5. The second-order valence-corrected chi connectivity index (χ2v) is 7.79. The van der Waals surface area contributed by atoms with Gasteiger partial charge in [-0.3, -0.25) is 4.79 Å². The van der Waals surface area contributed by atoms with Crippen molar-refractivity contribution < 1.29 is 23.8 Å². The number of hydrogen-bond donors (Lipinski definition) is 1. The Balaban J connectivity index is 1.51. The number of pyridine rings is 1. The summed E-state index contributed by atoms with van der Waals surface area (Å²) in [4.78, 5) is 35.3. The van der Waals surface area contributed by atoms with Crippen LogP contribution in [0.5, 0.6) is 5.75 Å². The number of fused-ring (bicyclic) bond motifs is 2. The van der Waals surface area contributed by atoms with Gasteiger partial charge in [-0.15, -0.1) is 0 Å². The summed E-state index contributed by atoms with van der Waals surface area (Å²) >= 11 is 0. The summed E-state index contributed by atoms with van der Waals surface area (Å²) in [5, 5.41) is 0.853.